The highest BCUT2D eigenvalue weighted by molar-refractivity contribution is 5.86. The number of nitrogens with zero attached hydrogens (tertiary/aromatic N) is 3. The summed E-state index contributed by atoms with van der Waals surface area (Å²) >= 11 is 0. The van der Waals surface area contributed by atoms with Gasteiger partial charge in [-0.15, -0.1) is 0 Å². The molecule has 0 bridgehead atoms. The molecule has 1 atom stereocenters. The smallest absolute Gasteiger partial charge is 0.410 e. The molecule has 0 radical (unpaired) electrons. The molecule has 2 aliphatic heterocycles. The topological polar surface area (TPSA) is 79.4 Å². The predicted octanol–water partition coefficient (Wildman–Crippen LogP) is 2.09. The number of amides is 3. The Morgan fingerprint density at radius 1 is 0.929 bits per heavy atom. The third-order valence-corrected chi connectivity index (χ3v) is 5.09. The molecule has 0 N–H and O–H groups in total. The van der Waals surface area contributed by atoms with E-state index in [0.29, 0.717) is 45.8 Å². The molecule has 0 saturated carbocycles. The number of likely N-dealkylation sites (tertiary alicyclic amines) is 1. The number of carbonyl (C=O) groups is 3. The fourth-order valence-electron chi connectivity index (χ4n) is 3.58. The van der Waals surface area contributed by atoms with Gasteiger partial charge in [0, 0.05) is 32.7 Å². The Morgan fingerprint density at radius 3 is 2.29 bits per heavy atom. The zero-order valence-electron chi connectivity index (χ0n) is 16.2. The lowest BCUT2D eigenvalue weighted by molar-refractivity contribution is -0.137. The third kappa shape index (κ3) is 4.74. The summed E-state index contributed by atoms with van der Waals surface area (Å²) in [5.74, 6) is -0.0716. The monoisotopic (exact) mass is 389 g/mol. The van der Waals surface area contributed by atoms with Gasteiger partial charge in [-0.05, 0) is 25.3 Å². The molecule has 2 saturated heterocycles. The van der Waals surface area contributed by atoms with Gasteiger partial charge in [-0.1, -0.05) is 30.3 Å². The molecule has 8 heteroatoms. The van der Waals surface area contributed by atoms with Crippen molar-refractivity contribution in [3.8, 4) is 0 Å². The van der Waals surface area contributed by atoms with Crippen LogP contribution in [-0.2, 0) is 20.9 Å². The zero-order valence-corrected chi connectivity index (χ0v) is 16.2. The summed E-state index contributed by atoms with van der Waals surface area (Å²) in [6.45, 7) is 4.58. The van der Waals surface area contributed by atoms with E-state index in [1.165, 1.54) is 4.90 Å². The van der Waals surface area contributed by atoms with E-state index >= 15 is 0 Å². The van der Waals surface area contributed by atoms with E-state index in [4.69, 9.17) is 9.47 Å². The second-order valence-electron chi connectivity index (χ2n) is 6.90. The Morgan fingerprint density at radius 2 is 1.61 bits per heavy atom. The van der Waals surface area contributed by atoms with Crippen molar-refractivity contribution in [2.75, 3.05) is 39.3 Å². The first-order chi connectivity index (χ1) is 13.6. The quantitative estimate of drug-likeness (QED) is 0.788. The van der Waals surface area contributed by atoms with E-state index < -0.39 is 12.1 Å². The highest BCUT2D eigenvalue weighted by Crippen LogP contribution is 2.21. The molecule has 1 aromatic rings. The van der Waals surface area contributed by atoms with Crippen LogP contribution < -0.4 is 0 Å². The van der Waals surface area contributed by atoms with Gasteiger partial charge in [0.25, 0.3) is 0 Å². The van der Waals surface area contributed by atoms with Crippen LogP contribution in [0.5, 0.6) is 0 Å². The number of benzene rings is 1. The molecule has 0 spiro atoms. The standard InChI is InChI=1S/C20H27N3O5/c1-2-27-19(25)22-13-11-21(12-14-22)18(24)17-9-6-10-23(17)20(26)28-15-16-7-4-3-5-8-16/h3-5,7-8,17H,2,6,9-15H2,1H3/t17-/m0/s1. The molecule has 28 heavy (non-hydrogen) atoms. The van der Waals surface area contributed by atoms with Crippen molar-refractivity contribution < 1.29 is 23.9 Å². The fourth-order valence-corrected chi connectivity index (χ4v) is 3.58. The average molecular weight is 389 g/mol. The number of carbonyl (C=O) groups excluding carboxylic acids is 3. The average Bonchev–Trinajstić information content (AvgIpc) is 3.22. The largest absolute Gasteiger partial charge is 0.450 e. The maximum atomic E-state index is 12.9. The first-order valence-electron chi connectivity index (χ1n) is 9.78. The van der Waals surface area contributed by atoms with Gasteiger partial charge < -0.3 is 19.3 Å². The number of piperazine rings is 1. The Kier molecular flexibility index (Phi) is 6.73. The summed E-state index contributed by atoms with van der Waals surface area (Å²) in [4.78, 5) is 42.1. The van der Waals surface area contributed by atoms with Crippen LogP contribution in [0.3, 0.4) is 0 Å². The van der Waals surface area contributed by atoms with Gasteiger partial charge in [0.1, 0.15) is 12.6 Å². The summed E-state index contributed by atoms with van der Waals surface area (Å²) in [7, 11) is 0. The lowest BCUT2D eigenvalue weighted by atomic mass is 10.1. The number of hydrogen-bond acceptors (Lipinski definition) is 5. The second kappa shape index (κ2) is 9.43. The van der Waals surface area contributed by atoms with Crippen LogP contribution in [-0.4, -0.2) is 78.2 Å². The van der Waals surface area contributed by atoms with Crippen molar-refractivity contribution in [2.45, 2.75) is 32.4 Å². The van der Waals surface area contributed by atoms with Gasteiger partial charge in [-0.2, -0.15) is 0 Å². The minimum Gasteiger partial charge on any atom is -0.450 e. The second-order valence-corrected chi connectivity index (χ2v) is 6.90. The molecule has 3 rings (SSSR count). The highest BCUT2D eigenvalue weighted by atomic mass is 16.6. The van der Waals surface area contributed by atoms with Crippen LogP contribution in [0.25, 0.3) is 0 Å². The molecule has 8 nitrogen and oxygen atoms in total. The number of ether oxygens (including phenoxy) is 2. The molecular weight excluding hydrogens is 362 g/mol. The number of hydrogen-bond donors (Lipinski definition) is 0. The van der Waals surface area contributed by atoms with Gasteiger partial charge in [-0.3, -0.25) is 9.69 Å². The molecular formula is C20H27N3O5. The van der Waals surface area contributed by atoms with Crippen LogP contribution in [0.2, 0.25) is 0 Å². The molecule has 2 fully saturated rings. The number of rotatable bonds is 4. The van der Waals surface area contributed by atoms with Crippen molar-refractivity contribution in [1.29, 1.82) is 0 Å². The van der Waals surface area contributed by atoms with Crippen LogP contribution in [0, 0.1) is 0 Å². The summed E-state index contributed by atoms with van der Waals surface area (Å²) in [5.41, 5.74) is 0.910. The van der Waals surface area contributed by atoms with Crippen molar-refractivity contribution in [3.05, 3.63) is 35.9 Å². The Hall–Kier alpha value is -2.77. The first-order valence-corrected chi connectivity index (χ1v) is 9.78. The Labute approximate surface area is 165 Å². The third-order valence-electron chi connectivity index (χ3n) is 5.09. The van der Waals surface area contributed by atoms with E-state index in [1.54, 1.807) is 16.7 Å². The maximum absolute atomic E-state index is 12.9. The minimum atomic E-state index is -0.489. The van der Waals surface area contributed by atoms with E-state index in [-0.39, 0.29) is 18.6 Å². The van der Waals surface area contributed by atoms with Crippen LogP contribution >= 0.6 is 0 Å². The molecule has 0 unspecified atom stereocenters. The lowest BCUT2D eigenvalue weighted by Gasteiger charge is -2.36. The van der Waals surface area contributed by atoms with Gasteiger partial charge >= 0.3 is 12.2 Å². The van der Waals surface area contributed by atoms with Gasteiger partial charge in [0.15, 0.2) is 0 Å². The lowest BCUT2D eigenvalue weighted by Crippen LogP contribution is -2.55. The summed E-state index contributed by atoms with van der Waals surface area (Å²) in [6.07, 6.45) is 0.614. The van der Waals surface area contributed by atoms with Crippen molar-refractivity contribution in [3.63, 3.8) is 0 Å². The molecule has 1 aromatic carbocycles. The minimum absolute atomic E-state index is 0.0716. The van der Waals surface area contributed by atoms with E-state index in [0.717, 1.165) is 12.0 Å². The highest BCUT2D eigenvalue weighted by Gasteiger charge is 2.38. The van der Waals surface area contributed by atoms with Gasteiger partial charge in [0.05, 0.1) is 6.61 Å². The zero-order chi connectivity index (χ0) is 19.9. The van der Waals surface area contributed by atoms with Crippen LogP contribution in [0.4, 0.5) is 9.59 Å². The van der Waals surface area contributed by atoms with E-state index in [2.05, 4.69) is 0 Å². The molecule has 0 aromatic heterocycles. The molecule has 152 valence electrons. The maximum Gasteiger partial charge on any atom is 0.410 e. The Balaban J connectivity index is 1.51. The first kappa shape index (κ1) is 20.0. The molecule has 0 aliphatic carbocycles. The molecule has 2 heterocycles. The fraction of sp³-hybridized carbons (Fsp3) is 0.550. The van der Waals surface area contributed by atoms with Crippen molar-refractivity contribution in [2.24, 2.45) is 0 Å². The van der Waals surface area contributed by atoms with Crippen molar-refractivity contribution >= 4 is 18.1 Å². The Bertz CT molecular complexity index is 688. The summed E-state index contributed by atoms with van der Waals surface area (Å²) in [5, 5.41) is 0. The van der Waals surface area contributed by atoms with E-state index in [9.17, 15) is 14.4 Å². The summed E-state index contributed by atoms with van der Waals surface area (Å²) < 4.78 is 10.4. The normalized spacial score (nSPS) is 19.5. The molecule has 3 amide bonds. The van der Waals surface area contributed by atoms with E-state index in [1.807, 2.05) is 30.3 Å². The predicted molar refractivity (Wildman–Crippen MR) is 102 cm³/mol. The van der Waals surface area contributed by atoms with Gasteiger partial charge in [0.2, 0.25) is 5.91 Å². The SMILES string of the molecule is CCOC(=O)N1CCN(C(=O)[C@@H]2CCCN2C(=O)OCc2ccccc2)CC1. The van der Waals surface area contributed by atoms with Crippen molar-refractivity contribution in [1.82, 2.24) is 14.7 Å². The van der Waals surface area contributed by atoms with Gasteiger partial charge in [-0.25, -0.2) is 9.59 Å². The molecule has 2 aliphatic rings. The van der Waals surface area contributed by atoms with Crippen LogP contribution in [0.1, 0.15) is 25.3 Å². The summed E-state index contributed by atoms with van der Waals surface area (Å²) in [6, 6.07) is 8.98. The van der Waals surface area contributed by atoms with Crippen LogP contribution in [0.15, 0.2) is 30.3 Å².